The summed E-state index contributed by atoms with van der Waals surface area (Å²) < 4.78 is 6.44. The quantitative estimate of drug-likeness (QED) is 0.665. The lowest BCUT2D eigenvalue weighted by atomic mass is 10.7. The van der Waals surface area contributed by atoms with E-state index in [2.05, 4.69) is 0 Å². The fraction of sp³-hybridized carbons (Fsp3) is 0.375. The van der Waals surface area contributed by atoms with Crippen LogP contribution in [0.1, 0.15) is 6.92 Å². The standard InChI is InChI=1S/C8H12N2O2/c1-3-12-8(11)9(2)10-6-4-5-7-10/h4-7H,3H2,1-2H3. The number of carbonyl (C=O) groups excluding carboxylic acids is 1. The van der Waals surface area contributed by atoms with Crippen LogP contribution in [0.4, 0.5) is 4.79 Å². The van der Waals surface area contributed by atoms with Crippen molar-refractivity contribution in [3.8, 4) is 0 Å². The molecule has 1 heterocycles. The van der Waals surface area contributed by atoms with Crippen LogP contribution in [-0.2, 0) is 4.74 Å². The first-order chi connectivity index (χ1) is 5.75. The van der Waals surface area contributed by atoms with Crippen molar-refractivity contribution in [2.75, 3.05) is 18.7 Å². The van der Waals surface area contributed by atoms with Gasteiger partial charge in [-0.15, -0.1) is 0 Å². The molecule has 1 rings (SSSR count). The Bertz CT molecular complexity index is 244. The third-order valence-electron chi connectivity index (χ3n) is 1.47. The molecule has 4 nitrogen and oxygen atoms in total. The minimum atomic E-state index is -0.353. The van der Waals surface area contributed by atoms with Crippen LogP contribution in [0.25, 0.3) is 0 Å². The molecule has 0 fully saturated rings. The predicted molar refractivity (Wildman–Crippen MR) is 45.6 cm³/mol. The first-order valence-electron chi connectivity index (χ1n) is 3.79. The number of aromatic nitrogens is 1. The molecular weight excluding hydrogens is 156 g/mol. The van der Waals surface area contributed by atoms with Crippen molar-refractivity contribution in [3.63, 3.8) is 0 Å². The van der Waals surface area contributed by atoms with Gasteiger partial charge in [-0.2, -0.15) is 0 Å². The van der Waals surface area contributed by atoms with Crippen LogP contribution in [0.3, 0.4) is 0 Å². The molecule has 0 radical (unpaired) electrons. The Morgan fingerprint density at radius 2 is 2.08 bits per heavy atom. The summed E-state index contributed by atoms with van der Waals surface area (Å²) in [5.74, 6) is 0. The molecule has 12 heavy (non-hydrogen) atoms. The van der Waals surface area contributed by atoms with Gasteiger partial charge in [0.25, 0.3) is 0 Å². The van der Waals surface area contributed by atoms with Crippen molar-refractivity contribution >= 4 is 6.09 Å². The van der Waals surface area contributed by atoms with E-state index in [9.17, 15) is 4.79 Å². The Morgan fingerprint density at radius 1 is 1.50 bits per heavy atom. The Balaban J connectivity index is 2.59. The van der Waals surface area contributed by atoms with Crippen molar-refractivity contribution in [2.24, 2.45) is 0 Å². The van der Waals surface area contributed by atoms with E-state index in [1.165, 1.54) is 5.01 Å². The molecule has 0 saturated carbocycles. The van der Waals surface area contributed by atoms with E-state index < -0.39 is 0 Å². The maximum atomic E-state index is 11.1. The topological polar surface area (TPSA) is 34.5 Å². The van der Waals surface area contributed by atoms with Crippen molar-refractivity contribution in [2.45, 2.75) is 6.92 Å². The first-order valence-corrected chi connectivity index (χ1v) is 3.79. The van der Waals surface area contributed by atoms with Gasteiger partial charge < -0.3 is 4.74 Å². The molecule has 1 aromatic heterocycles. The highest BCUT2D eigenvalue weighted by Crippen LogP contribution is 1.93. The Morgan fingerprint density at radius 3 is 2.58 bits per heavy atom. The number of hydrogen-bond donors (Lipinski definition) is 0. The Hall–Kier alpha value is -1.45. The molecular formula is C8H12N2O2. The lowest BCUT2D eigenvalue weighted by molar-refractivity contribution is 0.155. The van der Waals surface area contributed by atoms with E-state index in [1.807, 2.05) is 12.1 Å². The summed E-state index contributed by atoms with van der Waals surface area (Å²) in [5.41, 5.74) is 0. The Labute approximate surface area is 71.3 Å². The molecule has 0 aliphatic carbocycles. The lowest BCUT2D eigenvalue weighted by Gasteiger charge is -2.17. The molecule has 0 N–H and O–H groups in total. The second kappa shape index (κ2) is 3.80. The molecule has 66 valence electrons. The van der Waals surface area contributed by atoms with Gasteiger partial charge >= 0.3 is 6.09 Å². The minimum absolute atomic E-state index is 0.353. The van der Waals surface area contributed by atoms with E-state index in [4.69, 9.17) is 4.74 Å². The van der Waals surface area contributed by atoms with Crippen LogP contribution in [0.5, 0.6) is 0 Å². The maximum absolute atomic E-state index is 11.1. The second-order valence-corrected chi connectivity index (χ2v) is 2.29. The lowest BCUT2D eigenvalue weighted by Crippen LogP contribution is -2.35. The molecule has 0 saturated heterocycles. The molecule has 0 aliphatic rings. The van der Waals surface area contributed by atoms with Gasteiger partial charge in [0.1, 0.15) is 0 Å². The molecule has 0 aliphatic heterocycles. The van der Waals surface area contributed by atoms with Gasteiger partial charge in [0.05, 0.1) is 6.61 Å². The number of amides is 1. The fourth-order valence-corrected chi connectivity index (χ4v) is 0.837. The van der Waals surface area contributed by atoms with Gasteiger partial charge in [-0.1, -0.05) is 0 Å². The van der Waals surface area contributed by atoms with Crippen molar-refractivity contribution in [3.05, 3.63) is 24.5 Å². The summed E-state index contributed by atoms with van der Waals surface area (Å²) in [5, 5.41) is 1.39. The molecule has 1 aromatic rings. The number of ether oxygens (including phenoxy) is 1. The van der Waals surface area contributed by atoms with Gasteiger partial charge in [-0.3, -0.25) is 4.68 Å². The normalized spacial score (nSPS) is 9.50. The monoisotopic (exact) mass is 168 g/mol. The minimum Gasteiger partial charge on any atom is -0.448 e. The third-order valence-corrected chi connectivity index (χ3v) is 1.47. The SMILES string of the molecule is CCOC(=O)N(C)n1cccc1. The Kier molecular flexibility index (Phi) is 2.74. The smallest absolute Gasteiger partial charge is 0.428 e. The largest absolute Gasteiger partial charge is 0.448 e. The van der Waals surface area contributed by atoms with E-state index in [1.54, 1.807) is 31.0 Å². The third kappa shape index (κ3) is 1.78. The van der Waals surface area contributed by atoms with Gasteiger partial charge in [0.2, 0.25) is 0 Å². The highest BCUT2D eigenvalue weighted by Gasteiger charge is 2.08. The van der Waals surface area contributed by atoms with Gasteiger partial charge in [0, 0.05) is 19.4 Å². The highest BCUT2D eigenvalue weighted by atomic mass is 16.6. The average Bonchev–Trinajstić information content (AvgIpc) is 2.55. The predicted octanol–water partition coefficient (Wildman–Crippen LogP) is 1.21. The average molecular weight is 168 g/mol. The van der Waals surface area contributed by atoms with E-state index in [-0.39, 0.29) is 6.09 Å². The summed E-state index contributed by atoms with van der Waals surface area (Å²) in [7, 11) is 1.65. The van der Waals surface area contributed by atoms with E-state index in [0.717, 1.165) is 0 Å². The zero-order valence-electron chi connectivity index (χ0n) is 7.23. The molecule has 0 unspecified atom stereocenters. The number of nitrogens with zero attached hydrogens (tertiary/aromatic N) is 2. The summed E-state index contributed by atoms with van der Waals surface area (Å²) in [4.78, 5) is 11.1. The number of hydrogen-bond acceptors (Lipinski definition) is 2. The first kappa shape index (κ1) is 8.64. The zero-order chi connectivity index (χ0) is 8.97. The number of carbonyl (C=O) groups is 1. The zero-order valence-corrected chi connectivity index (χ0v) is 7.23. The second-order valence-electron chi connectivity index (χ2n) is 2.29. The van der Waals surface area contributed by atoms with Crippen molar-refractivity contribution in [1.82, 2.24) is 4.68 Å². The number of rotatable bonds is 2. The van der Waals surface area contributed by atoms with Crippen LogP contribution < -0.4 is 5.01 Å². The van der Waals surface area contributed by atoms with Crippen molar-refractivity contribution < 1.29 is 9.53 Å². The van der Waals surface area contributed by atoms with Gasteiger partial charge in [0.15, 0.2) is 0 Å². The molecule has 0 atom stereocenters. The fourth-order valence-electron chi connectivity index (χ4n) is 0.837. The summed E-state index contributed by atoms with van der Waals surface area (Å²) in [6.45, 7) is 2.17. The molecule has 0 bridgehead atoms. The van der Waals surface area contributed by atoms with Crippen molar-refractivity contribution in [1.29, 1.82) is 0 Å². The molecule has 4 heteroatoms. The van der Waals surface area contributed by atoms with Crippen LogP contribution in [0, 0.1) is 0 Å². The molecule has 0 aromatic carbocycles. The van der Waals surface area contributed by atoms with Crippen LogP contribution >= 0.6 is 0 Å². The van der Waals surface area contributed by atoms with E-state index in [0.29, 0.717) is 6.61 Å². The van der Waals surface area contributed by atoms with Gasteiger partial charge in [-0.25, -0.2) is 9.80 Å². The van der Waals surface area contributed by atoms with Crippen LogP contribution in [-0.4, -0.2) is 24.4 Å². The molecule has 0 spiro atoms. The molecule has 1 amide bonds. The van der Waals surface area contributed by atoms with Crippen LogP contribution in [0.2, 0.25) is 0 Å². The summed E-state index contributed by atoms with van der Waals surface area (Å²) in [6.07, 6.45) is 3.20. The van der Waals surface area contributed by atoms with Crippen LogP contribution in [0.15, 0.2) is 24.5 Å². The maximum Gasteiger partial charge on any atom is 0.428 e. The van der Waals surface area contributed by atoms with Gasteiger partial charge in [-0.05, 0) is 19.1 Å². The summed E-state index contributed by atoms with van der Waals surface area (Å²) in [6, 6.07) is 3.69. The van der Waals surface area contributed by atoms with E-state index >= 15 is 0 Å². The summed E-state index contributed by atoms with van der Waals surface area (Å²) >= 11 is 0. The highest BCUT2D eigenvalue weighted by molar-refractivity contribution is 5.77.